The van der Waals surface area contributed by atoms with Gasteiger partial charge in [0.1, 0.15) is 6.10 Å². The van der Waals surface area contributed by atoms with Crippen LogP contribution in [0.2, 0.25) is 0 Å². The quantitative estimate of drug-likeness (QED) is 0.806. The van der Waals surface area contributed by atoms with E-state index in [0.717, 1.165) is 43.4 Å². The molecule has 23 heavy (non-hydrogen) atoms. The molecule has 3 nitrogen and oxygen atoms in total. The third-order valence-corrected chi connectivity index (χ3v) is 7.29. The summed E-state index contributed by atoms with van der Waals surface area (Å²) in [7, 11) is 0. The average molecular weight is 312 g/mol. The predicted octanol–water partition coefficient (Wildman–Crippen LogP) is 3.62. The predicted molar refractivity (Wildman–Crippen MR) is 86.4 cm³/mol. The van der Waals surface area contributed by atoms with Gasteiger partial charge in [0.15, 0.2) is 5.78 Å². The fourth-order valence-electron chi connectivity index (χ4n) is 5.83. The Morgan fingerprint density at radius 2 is 2.09 bits per heavy atom. The van der Waals surface area contributed by atoms with Gasteiger partial charge >= 0.3 is 0 Å². The smallest absolute Gasteiger partial charge is 0.163 e. The molecule has 1 saturated heterocycles. The molecule has 1 N–H and O–H groups in total. The van der Waals surface area contributed by atoms with Crippen LogP contribution >= 0.6 is 0 Å². The molecule has 1 aliphatic heterocycles. The Morgan fingerprint density at radius 3 is 2.87 bits per heavy atom. The van der Waals surface area contributed by atoms with Crippen molar-refractivity contribution in [2.24, 2.45) is 17.3 Å². The van der Waals surface area contributed by atoms with Gasteiger partial charge in [-0.25, -0.2) is 0 Å². The van der Waals surface area contributed by atoms with Crippen LogP contribution < -0.4 is 0 Å². The third kappa shape index (κ3) is 1.93. The van der Waals surface area contributed by atoms with Crippen LogP contribution in [-0.2, 0) is 4.74 Å². The molecule has 2 saturated carbocycles. The second-order valence-corrected chi connectivity index (χ2v) is 8.31. The van der Waals surface area contributed by atoms with Crippen LogP contribution in [0, 0.1) is 17.3 Å². The van der Waals surface area contributed by atoms with E-state index in [1.807, 2.05) is 0 Å². The number of Topliss-reactive ketones (excluding diaryl/α,β-unsaturated/α-hetero) is 1. The maximum Gasteiger partial charge on any atom is 0.163 e. The van der Waals surface area contributed by atoms with Crippen molar-refractivity contribution in [2.75, 3.05) is 6.61 Å². The maximum atomic E-state index is 12.8. The molecular weight excluding hydrogens is 288 g/mol. The Bertz CT molecular complexity index is 677. The molecule has 3 heteroatoms. The van der Waals surface area contributed by atoms with Gasteiger partial charge in [-0.05, 0) is 66.0 Å². The first-order valence-corrected chi connectivity index (χ1v) is 9.04. The zero-order chi connectivity index (χ0) is 15.8. The van der Waals surface area contributed by atoms with E-state index in [9.17, 15) is 9.90 Å². The number of carbonyl (C=O) groups is 1. The lowest BCUT2D eigenvalue weighted by molar-refractivity contribution is -0.0208. The molecule has 122 valence electrons. The third-order valence-electron chi connectivity index (χ3n) is 7.29. The number of hydrogen-bond acceptors (Lipinski definition) is 3. The van der Waals surface area contributed by atoms with Gasteiger partial charge in [-0.1, -0.05) is 19.1 Å². The normalized spacial score (nSPS) is 44.4. The summed E-state index contributed by atoms with van der Waals surface area (Å²) in [4.78, 5) is 12.8. The lowest BCUT2D eigenvalue weighted by atomic mass is 9.55. The van der Waals surface area contributed by atoms with Crippen molar-refractivity contribution in [2.45, 2.75) is 57.2 Å². The van der Waals surface area contributed by atoms with Gasteiger partial charge in [-0.15, -0.1) is 0 Å². The standard InChI is InChI=1S/C20H24O3/c1-20-7-6-13-12-3-2-11(18-10-23-18)8-15(12)17(21)9-14(13)16(20)4-5-19(20)22/h2-3,8,13-14,16,18-19,22H,4-7,9-10H2,1H3/t13?,14?,16?,18?,19-,20-/m0/s1. The van der Waals surface area contributed by atoms with Crippen LogP contribution in [0.25, 0.3) is 0 Å². The van der Waals surface area contributed by atoms with Crippen LogP contribution in [0.3, 0.4) is 0 Å². The average Bonchev–Trinajstić information content (AvgIpc) is 3.34. The molecular formula is C20H24O3. The first-order valence-electron chi connectivity index (χ1n) is 9.04. The largest absolute Gasteiger partial charge is 0.393 e. The summed E-state index contributed by atoms with van der Waals surface area (Å²) in [6.07, 6.45) is 4.87. The lowest BCUT2D eigenvalue weighted by Gasteiger charge is -2.49. The van der Waals surface area contributed by atoms with Crippen molar-refractivity contribution < 1.29 is 14.6 Å². The van der Waals surface area contributed by atoms with Crippen molar-refractivity contribution >= 4 is 5.78 Å². The maximum absolute atomic E-state index is 12.8. The Morgan fingerprint density at radius 1 is 1.26 bits per heavy atom. The summed E-state index contributed by atoms with van der Waals surface area (Å²) in [6, 6.07) is 6.43. The van der Waals surface area contributed by atoms with Crippen LogP contribution in [0.5, 0.6) is 0 Å². The molecule has 5 rings (SSSR count). The number of benzene rings is 1. The number of aliphatic hydroxyl groups is 1. The highest BCUT2D eigenvalue weighted by Gasteiger charge is 2.55. The lowest BCUT2D eigenvalue weighted by Crippen LogP contribution is -2.44. The molecule has 6 atom stereocenters. The van der Waals surface area contributed by atoms with Gasteiger partial charge in [-0.2, -0.15) is 0 Å². The van der Waals surface area contributed by atoms with E-state index < -0.39 is 0 Å². The second-order valence-electron chi connectivity index (χ2n) is 8.31. The molecule has 4 aliphatic rings. The van der Waals surface area contributed by atoms with Crippen LogP contribution in [0.15, 0.2) is 18.2 Å². The van der Waals surface area contributed by atoms with E-state index >= 15 is 0 Å². The van der Waals surface area contributed by atoms with E-state index in [2.05, 4.69) is 25.1 Å². The molecule has 1 heterocycles. The highest BCUT2D eigenvalue weighted by Crippen LogP contribution is 2.60. The number of aliphatic hydroxyl groups excluding tert-OH is 1. The number of hydrogen-bond donors (Lipinski definition) is 1. The molecule has 0 aromatic heterocycles. The van der Waals surface area contributed by atoms with Gasteiger partial charge in [0, 0.05) is 12.0 Å². The summed E-state index contributed by atoms with van der Waals surface area (Å²) in [6.45, 7) is 3.04. The van der Waals surface area contributed by atoms with E-state index in [1.165, 1.54) is 5.56 Å². The zero-order valence-corrected chi connectivity index (χ0v) is 13.6. The van der Waals surface area contributed by atoms with E-state index in [4.69, 9.17) is 4.74 Å². The number of rotatable bonds is 1. The highest BCUT2D eigenvalue weighted by molar-refractivity contribution is 5.99. The van der Waals surface area contributed by atoms with Gasteiger partial charge in [0.05, 0.1) is 12.7 Å². The Labute approximate surface area is 137 Å². The van der Waals surface area contributed by atoms with Crippen molar-refractivity contribution in [1.29, 1.82) is 0 Å². The molecule has 4 unspecified atom stereocenters. The van der Waals surface area contributed by atoms with Gasteiger partial charge in [-0.3, -0.25) is 4.79 Å². The van der Waals surface area contributed by atoms with Crippen LogP contribution in [-0.4, -0.2) is 23.6 Å². The fourth-order valence-corrected chi connectivity index (χ4v) is 5.83. The minimum Gasteiger partial charge on any atom is -0.393 e. The topological polar surface area (TPSA) is 49.8 Å². The van der Waals surface area contributed by atoms with Crippen molar-refractivity contribution in [1.82, 2.24) is 0 Å². The first kappa shape index (κ1) is 14.2. The van der Waals surface area contributed by atoms with E-state index in [-0.39, 0.29) is 17.6 Å². The molecule has 3 fully saturated rings. The van der Waals surface area contributed by atoms with Crippen molar-refractivity contribution in [3.63, 3.8) is 0 Å². The summed E-state index contributed by atoms with van der Waals surface area (Å²) in [5, 5.41) is 10.4. The van der Waals surface area contributed by atoms with Crippen molar-refractivity contribution in [3.8, 4) is 0 Å². The monoisotopic (exact) mass is 312 g/mol. The molecule has 3 aliphatic carbocycles. The van der Waals surface area contributed by atoms with E-state index in [0.29, 0.717) is 30.0 Å². The number of carbonyl (C=O) groups excluding carboxylic acids is 1. The molecule has 1 aromatic carbocycles. The molecule has 0 spiro atoms. The zero-order valence-electron chi connectivity index (χ0n) is 13.6. The minimum atomic E-state index is -0.181. The summed E-state index contributed by atoms with van der Waals surface area (Å²) < 4.78 is 5.37. The van der Waals surface area contributed by atoms with Gasteiger partial charge in [0.2, 0.25) is 0 Å². The molecule has 0 amide bonds. The van der Waals surface area contributed by atoms with Crippen LogP contribution in [0.4, 0.5) is 0 Å². The summed E-state index contributed by atoms with van der Waals surface area (Å²) in [5.41, 5.74) is 3.40. The Balaban J connectivity index is 1.54. The van der Waals surface area contributed by atoms with E-state index in [1.54, 1.807) is 0 Å². The number of ketones is 1. The van der Waals surface area contributed by atoms with Gasteiger partial charge < -0.3 is 9.84 Å². The fraction of sp³-hybridized carbons (Fsp3) is 0.650. The SMILES string of the molecule is C[C@]12CCC3c4ccc(C5CO5)cc4C(=O)CC3C1CC[C@@H]2O. The summed E-state index contributed by atoms with van der Waals surface area (Å²) >= 11 is 0. The molecule has 0 radical (unpaired) electrons. The number of ether oxygens (including phenoxy) is 1. The number of fused-ring (bicyclic) bond motifs is 5. The molecule has 1 aromatic rings. The number of epoxide rings is 1. The highest BCUT2D eigenvalue weighted by atomic mass is 16.6. The Hall–Kier alpha value is -1.19. The minimum absolute atomic E-state index is 0.0285. The summed E-state index contributed by atoms with van der Waals surface area (Å²) in [5.74, 6) is 1.73. The first-order chi connectivity index (χ1) is 11.1. The molecule has 0 bridgehead atoms. The van der Waals surface area contributed by atoms with Crippen LogP contribution in [0.1, 0.15) is 72.5 Å². The van der Waals surface area contributed by atoms with Gasteiger partial charge in [0.25, 0.3) is 0 Å². The second kappa shape index (κ2) is 4.67. The van der Waals surface area contributed by atoms with Crippen molar-refractivity contribution in [3.05, 3.63) is 34.9 Å². The Kier molecular flexibility index (Phi) is 2.88.